The van der Waals surface area contributed by atoms with Crippen LogP contribution in [-0.4, -0.2) is 66.9 Å². The summed E-state index contributed by atoms with van der Waals surface area (Å²) in [5, 5.41) is 0.757. The molecule has 4 rings (SSSR count). The third-order valence-electron chi connectivity index (χ3n) is 6.03. The van der Waals surface area contributed by atoms with E-state index in [2.05, 4.69) is 64.2 Å². The van der Waals surface area contributed by atoms with E-state index >= 15 is 0 Å². The van der Waals surface area contributed by atoms with Crippen LogP contribution < -0.4 is 0 Å². The van der Waals surface area contributed by atoms with Crippen molar-refractivity contribution in [1.82, 2.24) is 14.7 Å². The molecule has 2 aliphatic rings. The maximum Gasteiger partial charge on any atom is 0.227 e. The topological polar surface area (TPSA) is 26.8 Å². The van der Waals surface area contributed by atoms with Crippen molar-refractivity contribution in [3.05, 3.63) is 70.7 Å². The Bertz CT molecular complexity index is 787. The number of nitrogens with zero attached hydrogens (tertiary/aromatic N) is 3. The van der Waals surface area contributed by atoms with E-state index in [1.165, 1.54) is 11.1 Å². The van der Waals surface area contributed by atoms with Gasteiger partial charge in [0.15, 0.2) is 0 Å². The molecule has 2 aromatic rings. The van der Waals surface area contributed by atoms with Gasteiger partial charge in [-0.05, 0) is 43.3 Å². The summed E-state index contributed by atoms with van der Waals surface area (Å²) < 4.78 is 0. The fraction of sp³-hybridized carbons (Fsp3) is 0.435. The van der Waals surface area contributed by atoms with Gasteiger partial charge in [0, 0.05) is 37.7 Å². The molecule has 2 heterocycles. The molecular formula is C23H28ClN3O. The Labute approximate surface area is 172 Å². The highest BCUT2D eigenvalue weighted by atomic mass is 35.5. The molecule has 0 aliphatic carbocycles. The maximum atomic E-state index is 12.9. The number of halogens is 1. The molecule has 28 heavy (non-hydrogen) atoms. The van der Waals surface area contributed by atoms with Crippen LogP contribution in [0, 0.1) is 5.92 Å². The zero-order chi connectivity index (χ0) is 19.5. The second kappa shape index (κ2) is 8.64. The molecule has 0 N–H and O–H groups in total. The molecule has 2 saturated heterocycles. The van der Waals surface area contributed by atoms with E-state index in [9.17, 15) is 4.79 Å². The summed E-state index contributed by atoms with van der Waals surface area (Å²) in [5.41, 5.74) is 2.52. The second-order valence-corrected chi connectivity index (χ2v) is 8.41. The van der Waals surface area contributed by atoms with E-state index in [1.54, 1.807) is 0 Å². The lowest BCUT2D eigenvalue weighted by Gasteiger charge is -2.40. The molecule has 2 fully saturated rings. The summed E-state index contributed by atoms with van der Waals surface area (Å²) in [4.78, 5) is 19.7. The third kappa shape index (κ3) is 4.24. The first kappa shape index (κ1) is 19.4. The summed E-state index contributed by atoms with van der Waals surface area (Å²) >= 11 is 6.11. The largest absolute Gasteiger partial charge is 0.340 e. The van der Waals surface area contributed by atoms with Crippen LogP contribution in [0.2, 0.25) is 5.02 Å². The molecule has 148 valence electrons. The number of carbonyl (C=O) groups is 1. The average Bonchev–Trinajstić information content (AvgIpc) is 3.17. The first-order valence-corrected chi connectivity index (χ1v) is 10.5. The van der Waals surface area contributed by atoms with Gasteiger partial charge < -0.3 is 9.80 Å². The van der Waals surface area contributed by atoms with Gasteiger partial charge in [-0.3, -0.25) is 9.69 Å². The molecule has 4 nitrogen and oxygen atoms in total. The number of amides is 1. The molecule has 2 unspecified atom stereocenters. The standard InChI is InChI=1S/C23H28ClN3O/c1-25-12-11-20(17-25)23(28)27-15-13-26(14-16-27)22(18-5-3-2-4-6-18)19-7-9-21(24)10-8-19/h2-10,20,22H,11-17H2,1H3. The van der Waals surface area contributed by atoms with Gasteiger partial charge in [-0.15, -0.1) is 0 Å². The van der Waals surface area contributed by atoms with Crippen LogP contribution in [0.5, 0.6) is 0 Å². The fourth-order valence-corrected chi connectivity index (χ4v) is 4.62. The van der Waals surface area contributed by atoms with Crippen molar-refractivity contribution in [3.8, 4) is 0 Å². The third-order valence-corrected chi connectivity index (χ3v) is 6.28. The van der Waals surface area contributed by atoms with Gasteiger partial charge in [0.05, 0.1) is 12.0 Å². The van der Waals surface area contributed by atoms with E-state index < -0.39 is 0 Å². The summed E-state index contributed by atoms with van der Waals surface area (Å²) in [5.74, 6) is 0.518. The Morgan fingerprint density at radius 3 is 2.18 bits per heavy atom. The minimum absolute atomic E-state index is 0.178. The molecule has 2 atom stereocenters. The zero-order valence-corrected chi connectivity index (χ0v) is 17.2. The lowest BCUT2D eigenvalue weighted by atomic mass is 9.96. The van der Waals surface area contributed by atoms with Crippen LogP contribution in [0.1, 0.15) is 23.6 Å². The molecule has 0 radical (unpaired) electrons. The van der Waals surface area contributed by atoms with Gasteiger partial charge in [0.2, 0.25) is 5.91 Å². The van der Waals surface area contributed by atoms with Crippen molar-refractivity contribution in [1.29, 1.82) is 0 Å². The van der Waals surface area contributed by atoms with Crippen molar-refractivity contribution < 1.29 is 4.79 Å². The summed E-state index contributed by atoms with van der Waals surface area (Å²) in [6.45, 7) is 5.30. The molecule has 0 aromatic heterocycles. The Balaban J connectivity index is 1.48. The predicted molar refractivity (Wildman–Crippen MR) is 113 cm³/mol. The molecule has 0 bridgehead atoms. The number of hydrogen-bond donors (Lipinski definition) is 0. The van der Waals surface area contributed by atoms with Crippen LogP contribution in [0.15, 0.2) is 54.6 Å². The van der Waals surface area contributed by atoms with Crippen molar-refractivity contribution >= 4 is 17.5 Å². The highest BCUT2D eigenvalue weighted by Gasteiger charge is 2.33. The number of benzene rings is 2. The normalized spacial score (nSPS) is 22.4. The Morgan fingerprint density at radius 2 is 1.57 bits per heavy atom. The Kier molecular flexibility index (Phi) is 6.00. The fourth-order valence-electron chi connectivity index (χ4n) is 4.49. The molecule has 2 aliphatic heterocycles. The van der Waals surface area contributed by atoms with Gasteiger partial charge in [0.25, 0.3) is 0 Å². The van der Waals surface area contributed by atoms with E-state index in [0.717, 1.165) is 50.7 Å². The van der Waals surface area contributed by atoms with Gasteiger partial charge in [-0.2, -0.15) is 0 Å². The monoisotopic (exact) mass is 397 g/mol. The quantitative estimate of drug-likeness (QED) is 0.789. The van der Waals surface area contributed by atoms with Crippen molar-refractivity contribution in [2.75, 3.05) is 46.3 Å². The van der Waals surface area contributed by atoms with E-state index in [-0.39, 0.29) is 12.0 Å². The number of piperazine rings is 1. The lowest BCUT2D eigenvalue weighted by molar-refractivity contribution is -0.137. The minimum atomic E-state index is 0.178. The van der Waals surface area contributed by atoms with E-state index in [1.807, 2.05) is 12.1 Å². The lowest BCUT2D eigenvalue weighted by Crippen LogP contribution is -2.51. The van der Waals surface area contributed by atoms with Gasteiger partial charge in [-0.1, -0.05) is 54.1 Å². The Morgan fingerprint density at radius 1 is 0.929 bits per heavy atom. The highest BCUT2D eigenvalue weighted by Crippen LogP contribution is 2.30. The highest BCUT2D eigenvalue weighted by molar-refractivity contribution is 6.30. The molecule has 0 spiro atoms. The number of likely N-dealkylation sites (tertiary alicyclic amines) is 1. The first-order chi connectivity index (χ1) is 13.6. The SMILES string of the molecule is CN1CCC(C(=O)N2CCN(C(c3ccccc3)c3ccc(Cl)cc3)CC2)C1. The smallest absolute Gasteiger partial charge is 0.227 e. The van der Waals surface area contributed by atoms with Crippen LogP contribution in [0.4, 0.5) is 0 Å². The van der Waals surface area contributed by atoms with Crippen molar-refractivity contribution in [3.63, 3.8) is 0 Å². The molecule has 0 saturated carbocycles. The van der Waals surface area contributed by atoms with E-state index in [4.69, 9.17) is 11.6 Å². The summed E-state index contributed by atoms with van der Waals surface area (Å²) in [6.07, 6.45) is 0.993. The van der Waals surface area contributed by atoms with Crippen LogP contribution in [0.3, 0.4) is 0 Å². The zero-order valence-electron chi connectivity index (χ0n) is 16.4. The Hall–Kier alpha value is -1.88. The predicted octanol–water partition coefficient (Wildman–Crippen LogP) is 3.53. The first-order valence-electron chi connectivity index (χ1n) is 10.1. The van der Waals surface area contributed by atoms with Crippen LogP contribution in [-0.2, 0) is 4.79 Å². The van der Waals surface area contributed by atoms with Crippen LogP contribution >= 0.6 is 11.6 Å². The number of carbonyl (C=O) groups excluding carboxylic acids is 1. The van der Waals surface area contributed by atoms with Crippen molar-refractivity contribution in [2.45, 2.75) is 12.5 Å². The molecular weight excluding hydrogens is 370 g/mol. The molecule has 1 amide bonds. The number of hydrogen-bond acceptors (Lipinski definition) is 3. The summed E-state index contributed by atoms with van der Waals surface area (Å²) in [7, 11) is 2.10. The summed E-state index contributed by atoms with van der Waals surface area (Å²) in [6, 6.07) is 19.0. The molecule has 5 heteroatoms. The molecule has 2 aromatic carbocycles. The number of rotatable bonds is 4. The average molecular weight is 398 g/mol. The van der Waals surface area contributed by atoms with Crippen LogP contribution in [0.25, 0.3) is 0 Å². The minimum Gasteiger partial charge on any atom is -0.340 e. The maximum absolute atomic E-state index is 12.9. The van der Waals surface area contributed by atoms with Gasteiger partial charge >= 0.3 is 0 Å². The van der Waals surface area contributed by atoms with Crippen molar-refractivity contribution in [2.24, 2.45) is 5.92 Å². The second-order valence-electron chi connectivity index (χ2n) is 7.97. The van der Waals surface area contributed by atoms with Gasteiger partial charge in [-0.25, -0.2) is 0 Å². The van der Waals surface area contributed by atoms with E-state index in [0.29, 0.717) is 5.91 Å². The van der Waals surface area contributed by atoms with Gasteiger partial charge in [0.1, 0.15) is 0 Å².